The van der Waals surface area contributed by atoms with Crippen LogP contribution in [-0.4, -0.2) is 33.4 Å². The summed E-state index contributed by atoms with van der Waals surface area (Å²) in [6, 6.07) is 12.8. The van der Waals surface area contributed by atoms with E-state index in [1.807, 2.05) is 44.2 Å². The Balaban J connectivity index is 1.52. The van der Waals surface area contributed by atoms with E-state index in [9.17, 15) is 9.59 Å². The van der Waals surface area contributed by atoms with Gasteiger partial charge in [-0.15, -0.1) is 0 Å². The van der Waals surface area contributed by atoms with Crippen LogP contribution in [0, 0.1) is 0 Å². The minimum absolute atomic E-state index is 0.0869. The van der Waals surface area contributed by atoms with Crippen LogP contribution in [0.15, 0.2) is 65.8 Å². The standard InChI is InChI=1S/C25H26N4O3/c1-17(2)19-10-11-20-23(25(31)29-14-5-3-9-21(29)28-20)22(19)24(30)27-13-4-6-15-32-18-8-7-12-26-16-18/h3,5,7-12,14,16-17H,4,6,13,15H2,1-2H3,(H,27,30). The number of hydrogen-bond acceptors (Lipinski definition) is 5. The van der Waals surface area contributed by atoms with Crippen LogP contribution < -0.4 is 15.6 Å². The number of nitrogens with one attached hydrogen (secondary N) is 1. The smallest absolute Gasteiger partial charge is 0.266 e. The van der Waals surface area contributed by atoms with Crippen molar-refractivity contribution in [1.82, 2.24) is 19.7 Å². The summed E-state index contributed by atoms with van der Waals surface area (Å²) >= 11 is 0. The lowest BCUT2D eigenvalue weighted by atomic mass is 9.93. The van der Waals surface area contributed by atoms with Gasteiger partial charge in [-0.1, -0.05) is 26.0 Å². The summed E-state index contributed by atoms with van der Waals surface area (Å²) < 4.78 is 7.12. The Morgan fingerprint density at radius 1 is 1.12 bits per heavy atom. The molecule has 0 spiro atoms. The molecule has 0 fully saturated rings. The van der Waals surface area contributed by atoms with E-state index in [1.165, 1.54) is 4.40 Å². The van der Waals surface area contributed by atoms with E-state index in [0.717, 1.165) is 24.2 Å². The molecule has 7 heteroatoms. The van der Waals surface area contributed by atoms with Gasteiger partial charge in [-0.2, -0.15) is 0 Å². The maximum atomic E-state index is 13.3. The third-order valence-electron chi connectivity index (χ3n) is 5.33. The van der Waals surface area contributed by atoms with Gasteiger partial charge >= 0.3 is 0 Å². The van der Waals surface area contributed by atoms with Crippen molar-refractivity contribution in [2.45, 2.75) is 32.6 Å². The molecule has 3 aromatic heterocycles. The first-order valence-electron chi connectivity index (χ1n) is 10.8. The Kier molecular flexibility index (Phi) is 6.44. The van der Waals surface area contributed by atoms with Gasteiger partial charge in [-0.05, 0) is 54.7 Å². The molecule has 0 atom stereocenters. The Morgan fingerprint density at radius 2 is 2.00 bits per heavy atom. The minimum Gasteiger partial charge on any atom is -0.492 e. The molecular formula is C25H26N4O3. The van der Waals surface area contributed by atoms with Gasteiger partial charge in [0.15, 0.2) is 0 Å². The first-order chi connectivity index (χ1) is 15.6. The number of aromatic nitrogens is 3. The fraction of sp³-hybridized carbons (Fsp3) is 0.280. The largest absolute Gasteiger partial charge is 0.492 e. The quantitative estimate of drug-likeness (QED) is 0.338. The zero-order chi connectivity index (χ0) is 22.5. The number of pyridine rings is 2. The first kappa shape index (κ1) is 21.5. The van der Waals surface area contributed by atoms with Crippen LogP contribution in [0.25, 0.3) is 16.6 Å². The molecular weight excluding hydrogens is 404 g/mol. The van der Waals surface area contributed by atoms with Crippen molar-refractivity contribution >= 4 is 22.5 Å². The molecule has 1 N–H and O–H groups in total. The third kappa shape index (κ3) is 4.46. The number of rotatable bonds is 8. The summed E-state index contributed by atoms with van der Waals surface area (Å²) in [5.41, 5.74) is 2.11. The van der Waals surface area contributed by atoms with Gasteiger partial charge in [0.2, 0.25) is 0 Å². The van der Waals surface area contributed by atoms with Crippen LogP contribution in [0.2, 0.25) is 0 Å². The van der Waals surface area contributed by atoms with Gasteiger partial charge in [0.05, 0.1) is 29.3 Å². The van der Waals surface area contributed by atoms with Crippen molar-refractivity contribution < 1.29 is 9.53 Å². The lowest BCUT2D eigenvalue weighted by molar-refractivity contribution is 0.0952. The molecule has 0 aliphatic carbocycles. The molecule has 1 amide bonds. The Labute approximate surface area is 186 Å². The summed E-state index contributed by atoms with van der Waals surface area (Å²) in [4.78, 5) is 35.1. The molecule has 0 aliphatic heterocycles. The van der Waals surface area contributed by atoms with Crippen LogP contribution in [0.5, 0.6) is 5.75 Å². The number of ether oxygens (including phenoxy) is 1. The molecule has 0 aliphatic rings. The highest BCUT2D eigenvalue weighted by Crippen LogP contribution is 2.25. The summed E-state index contributed by atoms with van der Waals surface area (Å²) in [5.74, 6) is 0.570. The number of fused-ring (bicyclic) bond motifs is 2. The van der Waals surface area contributed by atoms with Crippen molar-refractivity contribution in [3.8, 4) is 5.75 Å². The SMILES string of the molecule is CC(C)c1ccc2nc3ccccn3c(=O)c2c1C(=O)NCCCCOc1cccnc1. The molecule has 0 radical (unpaired) electrons. The van der Waals surface area contributed by atoms with Gasteiger partial charge in [-0.25, -0.2) is 4.98 Å². The molecule has 1 aromatic carbocycles. The van der Waals surface area contributed by atoms with Gasteiger partial charge in [-0.3, -0.25) is 19.0 Å². The average molecular weight is 431 g/mol. The highest BCUT2D eigenvalue weighted by Gasteiger charge is 2.21. The lowest BCUT2D eigenvalue weighted by Crippen LogP contribution is -2.28. The van der Waals surface area contributed by atoms with Crippen LogP contribution in [0.3, 0.4) is 0 Å². The molecule has 164 valence electrons. The van der Waals surface area contributed by atoms with Crippen LogP contribution in [-0.2, 0) is 0 Å². The maximum Gasteiger partial charge on any atom is 0.266 e. The second-order valence-corrected chi connectivity index (χ2v) is 7.92. The summed E-state index contributed by atoms with van der Waals surface area (Å²) in [6.07, 6.45) is 6.60. The van der Waals surface area contributed by atoms with Gasteiger partial charge in [0, 0.05) is 18.9 Å². The summed E-state index contributed by atoms with van der Waals surface area (Å²) in [7, 11) is 0. The molecule has 0 bridgehead atoms. The average Bonchev–Trinajstić information content (AvgIpc) is 2.81. The van der Waals surface area contributed by atoms with Crippen molar-refractivity contribution in [3.63, 3.8) is 0 Å². The molecule has 0 saturated carbocycles. The Hall–Kier alpha value is -3.74. The number of carbonyl (C=O) groups is 1. The lowest BCUT2D eigenvalue weighted by Gasteiger charge is -2.16. The normalized spacial score (nSPS) is 11.2. The number of unbranched alkanes of at least 4 members (excludes halogenated alkanes) is 1. The zero-order valence-electron chi connectivity index (χ0n) is 18.2. The highest BCUT2D eigenvalue weighted by atomic mass is 16.5. The van der Waals surface area contributed by atoms with E-state index < -0.39 is 0 Å². The van der Waals surface area contributed by atoms with Gasteiger partial charge in [0.25, 0.3) is 11.5 Å². The van der Waals surface area contributed by atoms with Crippen molar-refractivity contribution in [2.75, 3.05) is 13.2 Å². The Bertz CT molecular complexity index is 1300. The number of hydrogen-bond donors (Lipinski definition) is 1. The topological polar surface area (TPSA) is 85.6 Å². The molecule has 3 heterocycles. The van der Waals surface area contributed by atoms with E-state index in [4.69, 9.17) is 4.74 Å². The summed E-state index contributed by atoms with van der Waals surface area (Å²) in [6.45, 7) is 5.06. The number of carbonyl (C=O) groups excluding carboxylic acids is 1. The molecule has 32 heavy (non-hydrogen) atoms. The van der Waals surface area contributed by atoms with Crippen molar-refractivity contribution in [3.05, 3.63) is 82.5 Å². The van der Waals surface area contributed by atoms with E-state index in [0.29, 0.717) is 35.3 Å². The second-order valence-electron chi connectivity index (χ2n) is 7.92. The van der Waals surface area contributed by atoms with Gasteiger partial charge in [0.1, 0.15) is 11.4 Å². The zero-order valence-corrected chi connectivity index (χ0v) is 18.2. The maximum absolute atomic E-state index is 13.3. The fourth-order valence-corrected chi connectivity index (χ4v) is 3.72. The van der Waals surface area contributed by atoms with E-state index >= 15 is 0 Å². The molecule has 0 unspecified atom stereocenters. The number of amides is 1. The predicted octanol–water partition coefficient (Wildman–Crippen LogP) is 3.96. The summed E-state index contributed by atoms with van der Waals surface area (Å²) in [5, 5.41) is 3.34. The molecule has 7 nitrogen and oxygen atoms in total. The number of nitrogens with zero attached hydrogens (tertiary/aromatic N) is 3. The first-order valence-corrected chi connectivity index (χ1v) is 10.8. The van der Waals surface area contributed by atoms with Crippen molar-refractivity contribution in [1.29, 1.82) is 0 Å². The third-order valence-corrected chi connectivity index (χ3v) is 5.33. The predicted molar refractivity (Wildman–Crippen MR) is 124 cm³/mol. The monoisotopic (exact) mass is 430 g/mol. The molecule has 4 rings (SSSR count). The van der Waals surface area contributed by atoms with Crippen LogP contribution in [0.4, 0.5) is 0 Å². The van der Waals surface area contributed by atoms with E-state index in [2.05, 4.69) is 15.3 Å². The molecule has 0 saturated heterocycles. The van der Waals surface area contributed by atoms with E-state index in [-0.39, 0.29) is 17.4 Å². The highest BCUT2D eigenvalue weighted by molar-refractivity contribution is 6.07. The fourth-order valence-electron chi connectivity index (χ4n) is 3.72. The minimum atomic E-state index is -0.248. The molecule has 4 aromatic rings. The van der Waals surface area contributed by atoms with Gasteiger partial charge < -0.3 is 10.1 Å². The van der Waals surface area contributed by atoms with Crippen LogP contribution in [0.1, 0.15) is 48.5 Å². The number of benzene rings is 1. The van der Waals surface area contributed by atoms with Crippen molar-refractivity contribution in [2.24, 2.45) is 0 Å². The second kappa shape index (κ2) is 9.60. The Morgan fingerprint density at radius 3 is 2.78 bits per heavy atom. The van der Waals surface area contributed by atoms with E-state index in [1.54, 1.807) is 30.7 Å². The van der Waals surface area contributed by atoms with Crippen LogP contribution >= 0.6 is 0 Å².